The Hall–Kier alpha value is -1.96. The molecule has 1 fully saturated rings. The zero-order valence-electron chi connectivity index (χ0n) is 9.20. The second kappa shape index (κ2) is 5.13. The largest absolute Gasteiger partial charge is 0.478 e. The number of thioether (sulfide) groups is 1. The predicted octanol–water partition coefficient (Wildman–Crippen LogP) is 0.760. The van der Waals surface area contributed by atoms with Crippen LogP contribution in [0.2, 0.25) is 0 Å². The van der Waals surface area contributed by atoms with E-state index in [4.69, 9.17) is 5.11 Å². The van der Waals surface area contributed by atoms with Gasteiger partial charge in [-0.15, -0.1) is 0 Å². The highest BCUT2D eigenvalue weighted by molar-refractivity contribution is 8.13. The molecule has 7 nitrogen and oxygen atoms in total. The van der Waals surface area contributed by atoms with Crippen molar-refractivity contribution in [1.29, 1.82) is 0 Å². The van der Waals surface area contributed by atoms with Gasteiger partial charge in [0.15, 0.2) is 0 Å². The molecule has 1 aliphatic rings. The van der Waals surface area contributed by atoms with Crippen molar-refractivity contribution in [3.8, 4) is 0 Å². The van der Waals surface area contributed by atoms with Crippen molar-refractivity contribution in [1.82, 2.24) is 14.9 Å². The van der Waals surface area contributed by atoms with E-state index in [1.54, 1.807) is 0 Å². The van der Waals surface area contributed by atoms with Gasteiger partial charge in [-0.3, -0.25) is 14.5 Å². The second-order valence-electron chi connectivity index (χ2n) is 3.53. The van der Waals surface area contributed by atoms with E-state index in [1.165, 1.54) is 6.33 Å². The van der Waals surface area contributed by atoms with E-state index in [9.17, 15) is 14.4 Å². The number of nitrogens with zero attached hydrogens (tertiary/aromatic N) is 3. The number of carbonyl (C=O) groups is 3. The second-order valence-corrected chi connectivity index (χ2v) is 4.58. The third-order valence-corrected chi connectivity index (χ3v) is 3.27. The number of carbonyl (C=O) groups excluding carboxylic acids is 2. The van der Waals surface area contributed by atoms with Crippen molar-refractivity contribution in [3.05, 3.63) is 23.8 Å². The summed E-state index contributed by atoms with van der Waals surface area (Å²) in [7, 11) is 0. The van der Waals surface area contributed by atoms with Crippen LogP contribution in [0, 0.1) is 0 Å². The van der Waals surface area contributed by atoms with E-state index in [1.807, 2.05) is 0 Å². The van der Waals surface area contributed by atoms with Crippen LogP contribution in [-0.2, 0) is 11.3 Å². The van der Waals surface area contributed by atoms with Crippen molar-refractivity contribution in [2.75, 3.05) is 5.75 Å². The van der Waals surface area contributed by atoms with E-state index in [0.717, 1.165) is 22.9 Å². The van der Waals surface area contributed by atoms with Crippen LogP contribution in [-0.4, -0.2) is 42.8 Å². The molecule has 1 aromatic rings. The first-order chi connectivity index (χ1) is 8.59. The molecule has 0 spiro atoms. The first-order valence-corrected chi connectivity index (χ1v) is 6.07. The minimum absolute atomic E-state index is 0.103. The van der Waals surface area contributed by atoms with Gasteiger partial charge in [-0.05, 0) is 0 Å². The van der Waals surface area contributed by atoms with E-state index in [0.29, 0.717) is 5.75 Å². The highest BCUT2D eigenvalue weighted by Crippen LogP contribution is 2.21. The smallest absolute Gasteiger partial charge is 0.339 e. The first kappa shape index (κ1) is 12.5. The molecule has 0 bridgehead atoms. The highest BCUT2D eigenvalue weighted by Gasteiger charge is 2.28. The number of carboxylic acids is 1. The van der Waals surface area contributed by atoms with Crippen molar-refractivity contribution in [2.45, 2.75) is 13.0 Å². The van der Waals surface area contributed by atoms with Crippen LogP contribution in [0.1, 0.15) is 22.5 Å². The fourth-order valence-corrected chi connectivity index (χ4v) is 2.28. The molecular formula is C10H9N3O4S. The average Bonchev–Trinajstić information content (AvgIpc) is 2.34. The molecule has 94 valence electrons. The highest BCUT2D eigenvalue weighted by atomic mass is 32.2. The Kier molecular flexibility index (Phi) is 3.56. The van der Waals surface area contributed by atoms with E-state index in [-0.39, 0.29) is 35.4 Å². The molecule has 2 amide bonds. The van der Waals surface area contributed by atoms with Crippen LogP contribution in [0.15, 0.2) is 12.5 Å². The molecule has 0 aromatic carbocycles. The molecule has 2 rings (SSSR count). The van der Waals surface area contributed by atoms with Gasteiger partial charge >= 0.3 is 5.97 Å². The monoisotopic (exact) mass is 267 g/mol. The number of carboxylic acid groups (broad SMARTS) is 1. The molecule has 1 N–H and O–H groups in total. The molecule has 2 heterocycles. The van der Waals surface area contributed by atoms with Gasteiger partial charge in [0.25, 0.3) is 5.24 Å². The number of aromatic nitrogens is 2. The maximum Gasteiger partial charge on any atom is 0.339 e. The van der Waals surface area contributed by atoms with Crippen molar-refractivity contribution in [2.24, 2.45) is 0 Å². The van der Waals surface area contributed by atoms with Gasteiger partial charge in [0.2, 0.25) is 5.91 Å². The topological polar surface area (TPSA) is 100 Å². The molecule has 0 atom stereocenters. The Morgan fingerprint density at radius 3 is 2.94 bits per heavy atom. The van der Waals surface area contributed by atoms with Gasteiger partial charge in [0.05, 0.1) is 12.2 Å². The van der Waals surface area contributed by atoms with Gasteiger partial charge in [-0.2, -0.15) is 0 Å². The van der Waals surface area contributed by atoms with Gasteiger partial charge in [0.1, 0.15) is 11.9 Å². The molecule has 8 heteroatoms. The van der Waals surface area contributed by atoms with Crippen LogP contribution in [0.5, 0.6) is 0 Å². The van der Waals surface area contributed by atoms with Gasteiger partial charge in [-0.25, -0.2) is 14.8 Å². The Morgan fingerprint density at radius 2 is 2.28 bits per heavy atom. The molecule has 18 heavy (non-hydrogen) atoms. The van der Waals surface area contributed by atoms with Gasteiger partial charge < -0.3 is 5.11 Å². The van der Waals surface area contributed by atoms with Crippen LogP contribution in [0.3, 0.4) is 0 Å². The molecule has 0 aliphatic carbocycles. The SMILES string of the molecule is O=C(O)c1cncnc1CN1C(=O)CCSC1=O. The van der Waals surface area contributed by atoms with E-state index >= 15 is 0 Å². The Labute approximate surface area is 106 Å². The summed E-state index contributed by atoms with van der Waals surface area (Å²) in [4.78, 5) is 42.6. The summed E-state index contributed by atoms with van der Waals surface area (Å²) < 4.78 is 0. The summed E-state index contributed by atoms with van der Waals surface area (Å²) in [5.41, 5.74) is 0.0513. The number of aromatic carboxylic acids is 1. The van der Waals surface area contributed by atoms with Crippen LogP contribution in [0.4, 0.5) is 4.79 Å². The molecule has 0 unspecified atom stereocenters. The maximum absolute atomic E-state index is 11.6. The number of rotatable bonds is 3. The minimum atomic E-state index is -1.19. The summed E-state index contributed by atoms with van der Waals surface area (Å²) in [5, 5.41) is 8.58. The molecular weight excluding hydrogens is 258 g/mol. The standard InChI is InChI=1S/C10H9N3O4S/c14-8-1-2-18-10(17)13(8)4-7-6(9(15)16)3-11-5-12-7/h3,5H,1-2,4H2,(H,15,16). The lowest BCUT2D eigenvalue weighted by atomic mass is 10.2. The Morgan fingerprint density at radius 1 is 1.50 bits per heavy atom. The van der Waals surface area contributed by atoms with Gasteiger partial charge in [0, 0.05) is 18.4 Å². The maximum atomic E-state index is 11.6. The summed E-state index contributed by atoms with van der Waals surface area (Å²) in [6, 6.07) is 0. The Bertz CT molecular complexity index is 504. The van der Waals surface area contributed by atoms with Gasteiger partial charge in [-0.1, -0.05) is 11.8 Å². The van der Waals surface area contributed by atoms with Crippen LogP contribution in [0.25, 0.3) is 0 Å². The van der Waals surface area contributed by atoms with Crippen molar-refractivity contribution >= 4 is 28.9 Å². The number of imide groups is 1. The quantitative estimate of drug-likeness (QED) is 0.862. The van der Waals surface area contributed by atoms with Crippen molar-refractivity contribution in [3.63, 3.8) is 0 Å². The summed E-state index contributed by atoms with van der Waals surface area (Å²) in [6.45, 7) is -0.130. The molecule has 1 aromatic heterocycles. The molecule has 0 radical (unpaired) electrons. The van der Waals surface area contributed by atoms with E-state index < -0.39 is 5.97 Å². The predicted molar refractivity (Wildman–Crippen MR) is 62.0 cm³/mol. The Balaban J connectivity index is 2.25. The van der Waals surface area contributed by atoms with E-state index in [2.05, 4.69) is 9.97 Å². The lowest BCUT2D eigenvalue weighted by molar-refractivity contribution is -0.128. The third-order valence-electron chi connectivity index (χ3n) is 2.40. The van der Waals surface area contributed by atoms with Crippen LogP contribution < -0.4 is 0 Å². The fraction of sp³-hybridized carbons (Fsp3) is 0.300. The van der Waals surface area contributed by atoms with Crippen LogP contribution >= 0.6 is 11.8 Å². The average molecular weight is 267 g/mol. The summed E-state index contributed by atoms with van der Waals surface area (Å²) >= 11 is 1.04. The van der Waals surface area contributed by atoms with Crippen molar-refractivity contribution < 1.29 is 19.5 Å². The molecule has 1 aliphatic heterocycles. The summed E-state index contributed by atoms with van der Waals surface area (Å²) in [6.07, 6.45) is 2.61. The minimum Gasteiger partial charge on any atom is -0.478 e. The number of hydrogen-bond acceptors (Lipinski definition) is 6. The number of amides is 2. The first-order valence-electron chi connectivity index (χ1n) is 5.09. The normalized spacial score (nSPS) is 15.9. The third kappa shape index (κ3) is 2.48. The zero-order chi connectivity index (χ0) is 13.1. The lowest BCUT2D eigenvalue weighted by Gasteiger charge is -2.23. The lowest BCUT2D eigenvalue weighted by Crippen LogP contribution is -2.38. The summed E-state index contributed by atoms with van der Waals surface area (Å²) in [5.74, 6) is -1.03. The zero-order valence-corrected chi connectivity index (χ0v) is 10.0. The number of hydrogen-bond donors (Lipinski definition) is 1. The molecule has 1 saturated heterocycles. The fourth-order valence-electron chi connectivity index (χ4n) is 1.50. The molecule has 0 saturated carbocycles.